The number of aromatic nitrogens is 2. The molecule has 0 atom stereocenters. The summed E-state index contributed by atoms with van der Waals surface area (Å²) < 4.78 is 5.99. The standard InChI is InChI=1S/C21H16N2O/c1-15-8-7-11-17(14-15)24-21-19-13-6-5-12-18(19)20(22-23-21)16-9-3-2-4-10-16/h2-14H,1H3. The van der Waals surface area contributed by atoms with Gasteiger partial charge in [0.15, 0.2) is 0 Å². The van der Waals surface area contributed by atoms with Crippen LogP contribution in [-0.4, -0.2) is 10.2 Å². The second-order valence-electron chi connectivity index (χ2n) is 5.68. The smallest absolute Gasteiger partial charge is 0.246 e. The number of fused-ring (bicyclic) bond motifs is 1. The highest BCUT2D eigenvalue weighted by molar-refractivity contribution is 5.96. The predicted octanol–water partition coefficient (Wildman–Crippen LogP) is 5.40. The van der Waals surface area contributed by atoms with Gasteiger partial charge in [-0.3, -0.25) is 0 Å². The first-order chi connectivity index (χ1) is 11.8. The molecule has 3 nitrogen and oxygen atoms in total. The summed E-state index contributed by atoms with van der Waals surface area (Å²) >= 11 is 0. The highest BCUT2D eigenvalue weighted by Crippen LogP contribution is 2.32. The number of benzene rings is 3. The van der Waals surface area contributed by atoms with E-state index in [1.165, 1.54) is 0 Å². The van der Waals surface area contributed by atoms with Gasteiger partial charge in [0.1, 0.15) is 11.4 Å². The number of hydrogen-bond donors (Lipinski definition) is 0. The molecule has 3 heteroatoms. The van der Waals surface area contributed by atoms with Crippen molar-refractivity contribution in [3.63, 3.8) is 0 Å². The third-order valence-electron chi connectivity index (χ3n) is 3.90. The first-order valence-corrected chi connectivity index (χ1v) is 7.86. The molecule has 0 bridgehead atoms. The molecule has 0 aliphatic heterocycles. The maximum Gasteiger partial charge on any atom is 0.246 e. The third-order valence-corrected chi connectivity index (χ3v) is 3.90. The average molecular weight is 312 g/mol. The van der Waals surface area contributed by atoms with Gasteiger partial charge in [-0.25, -0.2) is 0 Å². The van der Waals surface area contributed by atoms with E-state index in [1.807, 2.05) is 79.7 Å². The van der Waals surface area contributed by atoms with E-state index in [1.54, 1.807) is 0 Å². The van der Waals surface area contributed by atoms with Crippen molar-refractivity contribution >= 4 is 10.8 Å². The van der Waals surface area contributed by atoms with E-state index in [0.29, 0.717) is 5.88 Å². The summed E-state index contributed by atoms with van der Waals surface area (Å²) in [6, 6.07) is 26.1. The normalized spacial score (nSPS) is 10.7. The highest BCUT2D eigenvalue weighted by Gasteiger charge is 2.12. The number of nitrogens with zero attached hydrogens (tertiary/aromatic N) is 2. The quantitative estimate of drug-likeness (QED) is 0.508. The summed E-state index contributed by atoms with van der Waals surface area (Å²) in [6.45, 7) is 2.04. The minimum absolute atomic E-state index is 0.524. The van der Waals surface area contributed by atoms with Crippen LogP contribution in [0.2, 0.25) is 0 Å². The second kappa shape index (κ2) is 6.13. The van der Waals surface area contributed by atoms with Gasteiger partial charge in [0.25, 0.3) is 0 Å². The van der Waals surface area contributed by atoms with Crippen molar-refractivity contribution in [1.29, 1.82) is 0 Å². The van der Waals surface area contributed by atoms with E-state index >= 15 is 0 Å². The molecule has 0 aliphatic carbocycles. The van der Waals surface area contributed by atoms with Crippen molar-refractivity contribution in [3.8, 4) is 22.9 Å². The molecule has 0 unspecified atom stereocenters. The van der Waals surface area contributed by atoms with Gasteiger partial charge < -0.3 is 4.74 Å². The monoisotopic (exact) mass is 312 g/mol. The Kier molecular flexibility index (Phi) is 3.67. The van der Waals surface area contributed by atoms with Gasteiger partial charge in [0, 0.05) is 16.3 Å². The zero-order valence-corrected chi connectivity index (χ0v) is 13.3. The van der Waals surface area contributed by atoms with Crippen LogP contribution in [0.1, 0.15) is 5.56 Å². The molecule has 24 heavy (non-hydrogen) atoms. The lowest BCUT2D eigenvalue weighted by Gasteiger charge is -2.10. The minimum Gasteiger partial charge on any atom is -0.437 e. The molecular weight excluding hydrogens is 296 g/mol. The second-order valence-corrected chi connectivity index (χ2v) is 5.68. The lowest BCUT2D eigenvalue weighted by molar-refractivity contribution is 0.462. The fourth-order valence-electron chi connectivity index (χ4n) is 2.75. The van der Waals surface area contributed by atoms with Gasteiger partial charge in [0.05, 0.1) is 0 Å². The Morgan fingerprint density at radius 1 is 0.708 bits per heavy atom. The molecular formula is C21H16N2O. The Morgan fingerprint density at radius 2 is 1.46 bits per heavy atom. The van der Waals surface area contributed by atoms with E-state index in [0.717, 1.165) is 33.3 Å². The molecule has 1 heterocycles. The maximum absolute atomic E-state index is 5.99. The van der Waals surface area contributed by atoms with Crippen LogP contribution in [0, 0.1) is 6.92 Å². The van der Waals surface area contributed by atoms with Crippen molar-refractivity contribution in [3.05, 3.63) is 84.4 Å². The van der Waals surface area contributed by atoms with Crippen LogP contribution < -0.4 is 4.74 Å². The van der Waals surface area contributed by atoms with Crippen LogP contribution in [0.5, 0.6) is 11.6 Å². The van der Waals surface area contributed by atoms with Crippen LogP contribution in [-0.2, 0) is 0 Å². The number of ether oxygens (including phenoxy) is 1. The Morgan fingerprint density at radius 3 is 2.25 bits per heavy atom. The molecule has 0 amide bonds. The fraction of sp³-hybridized carbons (Fsp3) is 0.0476. The third kappa shape index (κ3) is 2.72. The Hall–Kier alpha value is -3.20. The SMILES string of the molecule is Cc1cccc(Oc2nnc(-c3ccccc3)c3ccccc23)c1. The van der Waals surface area contributed by atoms with E-state index in [2.05, 4.69) is 16.3 Å². The zero-order valence-electron chi connectivity index (χ0n) is 13.3. The van der Waals surface area contributed by atoms with Crippen LogP contribution in [0.25, 0.3) is 22.0 Å². The van der Waals surface area contributed by atoms with Crippen molar-refractivity contribution in [2.75, 3.05) is 0 Å². The molecule has 4 rings (SSSR count). The van der Waals surface area contributed by atoms with E-state index in [4.69, 9.17) is 4.74 Å². The van der Waals surface area contributed by atoms with Crippen molar-refractivity contribution < 1.29 is 4.74 Å². The van der Waals surface area contributed by atoms with Crippen LogP contribution >= 0.6 is 0 Å². The lowest BCUT2D eigenvalue weighted by Crippen LogP contribution is -1.95. The van der Waals surface area contributed by atoms with Gasteiger partial charge in [-0.1, -0.05) is 60.7 Å². The number of hydrogen-bond acceptors (Lipinski definition) is 3. The first-order valence-electron chi connectivity index (χ1n) is 7.86. The summed E-state index contributed by atoms with van der Waals surface area (Å²) in [7, 11) is 0. The van der Waals surface area contributed by atoms with Crippen LogP contribution in [0.15, 0.2) is 78.9 Å². The van der Waals surface area contributed by atoms with Gasteiger partial charge in [-0.2, -0.15) is 0 Å². The predicted molar refractivity (Wildman–Crippen MR) is 96.2 cm³/mol. The summed E-state index contributed by atoms with van der Waals surface area (Å²) in [6.07, 6.45) is 0. The molecule has 116 valence electrons. The van der Waals surface area contributed by atoms with Gasteiger partial charge in [-0.05, 0) is 30.7 Å². The summed E-state index contributed by atoms with van der Waals surface area (Å²) in [4.78, 5) is 0. The molecule has 0 N–H and O–H groups in total. The molecule has 4 aromatic rings. The molecule has 0 spiro atoms. The maximum atomic E-state index is 5.99. The number of rotatable bonds is 3. The van der Waals surface area contributed by atoms with Crippen molar-refractivity contribution in [2.24, 2.45) is 0 Å². The lowest BCUT2D eigenvalue weighted by atomic mass is 10.1. The molecule has 0 fully saturated rings. The summed E-state index contributed by atoms with van der Waals surface area (Å²) in [5.74, 6) is 1.29. The highest BCUT2D eigenvalue weighted by atomic mass is 16.5. The largest absolute Gasteiger partial charge is 0.437 e. The number of aryl methyl sites for hydroxylation is 1. The Labute approximate surface area is 140 Å². The molecule has 0 radical (unpaired) electrons. The zero-order chi connectivity index (χ0) is 16.4. The Bertz CT molecular complexity index is 997. The van der Waals surface area contributed by atoms with E-state index in [9.17, 15) is 0 Å². The topological polar surface area (TPSA) is 35.0 Å². The van der Waals surface area contributed by atoms with E-state index < -0.39 is 0 Å². The minimum atomic E-state index is 0.524. The fourth-order valence-corrected chi connectivity index (χ4v) is 2.75. The molecule has 0 saturated carbocycles. The molecule has 0 saturated heterocycles. The van der Waals surface area contributed by atoms with Crippen molar-refractivity contribution in [2.45, 2.75) is 6.92 Å². The van der Waals surface area contributed by atoms with Gasteiger partial charge in [0.2, 0.25) is 5.88 Å². The van der Waals surface area contributed by atoms with Gasteiger partial charge >= 0.3 is 0 Å². The van der Waals surface area contributed by atoms with Gasteiger partial charge in [-0.15, -0.1) is 10.2 Å². The molecule has 3 aromatic carbocycles. The van der Waals surface area contributed by atoms with Crippen LogP contribution in [0.3, 0.4) is 0 Å². The molecule has 1 aromatic heterocycles. The van der Waals surface area contributed by atoms with Crippen LogP contribution in [0.4, 0.5) is 0 Å². The first kappa shape index (κ1) is 14.4. The summed E-state index contributed by atoms with van der Waals surface area (Å²) in [5.41, 5.74) is 3.05. The van der Waals surface area contributed by atoms with Crippen molar-refractivity contribution in [1.82, 2.24) is 10.2 Å². The Balaban J connectivity index is 1.84. The summed E-state index contributed by atoms with van der Waals surface area (Å²) in [5, 5.41) is 10.7. The molecule has 0 aliphatic rings. The van der Waals surface area contributed by atoms with E-state index in [-0.39, 0.29) is 0 Å². The average Bonchev–Trinajstić information content (AvgIpc) is 2.63.